The molecule has 2 aliphatic rings. The second kappa shape index (κ2) is 6.53. The van der Waals surface area contributed by atoms with Crippen molar-refractivity contribution >= 4 is 11.8 Å². The number of benzene rings is 1. The van der Waals surface area contributed by atoms with Gasteiger partial charge in [-0.3, -0.25) is 9.59 Å². The number of aromatic nitrogens is 3. The lowest BCUT2D eigenvalue weighted by atomic mass is 10.1. The summed E-state index contributed by atoms with van der Waals surface area (Å²) < 4.78 is 1.81. The molecule has 1 aromatic heterocycles. The van der Waals surface area contributed by atoms with E-state index in [1.165, 1.54) is 0 Å². The zero-order valence-electron chi connectivity index (χ0n) is 14.9. The number of carbonyl (C=O) groups excluding carboxylic acids is 2. The second-order valence-corrected chi connectivity index (χ2v) is 7.10. The zero-order chi connectivity index (χ0) is 18.3. The quantitative estimate of drug-likeness (QED) is 0.787. The molecule has 8 nitrogen and oxygen atoms in total. The first kappa shape index (κ1) is 16.7. The Morgan fingerprint density at radius 1 is 1.27 bits per heavy atom. The third-order valence-corrected chi connectivity index (χ3v) is 5.28. The number of rotatable bonds is 4. The molecule has 0 spiro atoms. The molecule has 4 rings (SSSR count). The molecule has 1 aromatic carbocycles. The summed E-state index contributed by atoms with van der Waals surface area (Å²) in [5.74, 6) is -0.0919. The Kier molecular flexibility index (Phi) is 4.20. The first-order valence-corrected chi connectivity index (χ1v) is 8.72. The van der Waals surface area contributed by atoms with E-state index < -0.39 is 0 Å². The van der Waals surface area contributed by atoms with Crippen molar-refractivity contribution in [2.75, 3.05) is 33.7 Å². The number of amides is 2. The van der Waals surface area contributed by atoms with Gasteiger partial charge in [0.15, 0.2) is 0 Å². The fraction of sp³-hybridized carbons (Fsp3) is 0.444. The number of carbonyl (C=O) groups is 2. The van der Waals surface area contributed by atoms with Crippen LogP contribution in [0.1, 0.15) is 22.0 Å². The van der Waals surface area contributed by atoms with Crippen molar-refractivity contribution in [3.8, 4) is 0 Å². The zero-order valence-corrected chi connectivity index (χ0v) is 14.9. The number of hydrogen-bond donors (Lipinski definition) is 0. The lowest BCUT2D eigenvalue weighted by Gasteiger charge is -2.24. The summed E-state index contributed by atoms with van der Waals surface area (Å²) in [6, 6.07) is 7.75. The van der Waals surface area contributed by atoms with Crippen LogP contribution in [0.4, 0.5) is 0 Å². The lowest BCUT2D eigenvalue weighted by molar-refractivity contribution is -0.131. The molecule has 136 valence electrons. The minimum absolute atomic E-state index is 0.0272. The standard InChI is InChI=1S/C18H22N6O2/c1-21(2)15-10-22(11-16(15)24-8-7-19-20-24)17(25)12-23-9-13-5-3-4-6-14(13)18(23)26/h3-8,15-16H,9-12H2,1-2H3/t15-,16+/m1/s1. The van der Waals surface area contributed by atoms with Crippen molar-refractivity contribution in [1.29, 1.82) is 0 Å². The van der Waals surface area contributed by atoms with Gasteiger partial charge in [-0.15, -0.1) is 5.10 Å². The molecule has 1 fully saturated rings. The highest BCUT2D eigenvalue weighted by Gasteiger charge is 2.39. The van der Waals surface area contributed by atoms with Crippen LogP contribution >= 0.6 is 0 Å². The SMILES string of the molecule is CN(C)[C@@H]1CN(C(=O)CN2Cc3ccccc3C2=O)C[C@@H]1n1ccnn1. The van der Waals surface area contributed by atoms with Crippen LogP contribution in [-0.2, 0) is 11.3 Å². The molecule has 0 saturated carbocycles. The molecule has 0 bridgehead atoms. The largest absolute Gasteiger partial charge is 0.337 e. The van der Waals surface area contributed by atoms with Crippen LogP contribution in [-0.4, -0.2) is 81.3 Å². The predicted molar refractivity (Wildman–Crippen MR) is 94.3 cm³/mol. The number of hydrogen-bond acceptors (Lipinski definition) is 5. The summed E-state index contributed by atoms with van der Waals surface area (Å²) in [6.45, 7) is 1.79. The Bertz CT molecular complexity index is 819. The summed E-state index contributed by atoms with van der Waals surface area (Å²) in [5.41, 5.74) is 1.69. The van der Waals surface area contributed by atoms with Gasteiger partial charge in [0.1, 0.15) is 6.54 Å². The number of nitrogens with zero attached hydrogens (tertiary/aromatic N) is 6. The Labute approximate surface area is 152 Å². The maximum absolute atomic E-state index is 12.8. The topological polar surface area (TPSA) is 74.6 Å². The summed E-state index contributed by atoms with van der Waals surface area (Å²) in [7, 11) is 4.01. The highest BCUT2D eigenvalue weighted by molar-refractivity contribution is 6.00. The van der Waals surface area contributed by atoms with Crippen LogP contribution in [0.15, 0.2) is 36.7 Å². The molecule has 0 aliphatic carbocycles. The molecule has 8 heteroatoms. The van der Waals surface area contributed by atoms with Crippen LogP contribution in [0.3, 0.4) is 0 Å². The maximum atomic E-state index is 12.8. The van der Waals surface area contributed by atoms with Gasteiger partial charge >= 0.3 is 0 Å². The maximum Gasteiger partial charge on any atom is 0.254 e. The molecule has 2 aromatic rings. The van der Waals surface area contributed by atoms with Gasteiger partial charge in [0, 0.05) is 31.4 Å². The molecule has 2 aliphatic heterocycles. The highest BCUT2D eigenvalue weighted by atomic mass is 16.2. The lowest BCUT2D eigenvalue weighted by Crippen LogP contribution is -2.41. The summed E-state index contributed by atoms with van der Waals surface area (Å²) >= 11 is 0. The van der Waals surface area contributed by atoms with Gasteiger partial charge in [0.2, 0.25) is 5.91 Å². The Hall–Kier alpha value is -2.74. The van der Waals surface area contributed by atoms with Crippen molar-refractivity contribution in [2.24, 2.45) is 0 Å². The molecule has 0 unspecified atom stereocenters. The van der Waals surface area contributed by atoms with E-state index in [1.807, 2.05) is 54.1 Å². The van der Waals surface area contributed by atoms with Crippen LogP contribution in [0.2, 0.25) is 0 Å². The van der Waals surface area contributed by atoms with Crippen LogP contribution in [0.5, 0.6) is 0 Å². The molecular weight excluding hydrogens is 332 g/mol. The van der Waals surface area contributed by atoms with Crippen molar-refractivity contribution in [1.82, 2.24) is 29.7 Å². The average molecular weight is 354 g/mol. The fourth-order valence-electron chi connectivity index (χ4n) is 3.84. The third-order valence-electron chi connectivity index (χ3n) is 5.28. The van der Waals surface area contributed by atoms with E-state index in [2.05, 4.69) is 15.2 Å². The van der Waals surface area contributed by atoms with Gasteiger partial charge in [0.25, 0.3) is 5.91 Å². The highest BCUT2D eigenvalue weighted by Crippen LogP contribution is 2.26. The summed E-state index contributed by atoms with van der Waals surface area (Å²) in [5, 5.41) is 7.99. The van der Waals surface area contributed by atoms with E-state index in [-0.39, 0.29) is 30.4 Å². The molecule has 2 atom stereocenters. The summed E-state index contributed by atoms with van der Waals surface area (Å²) in [4.78, 5) is 30.9. The third kappa shape index (κ3) is 2.86. The molecule has 0 radical (unpaired) electrons. The van der Waals surface area contributed by atoms with E-state index in [4.69, 9.17) is 0 Å². The number of fused-ring (bicyclic) bond motifs is 1. The predicted octanol–water partition coefficient (Wildman–Crippen LogP) is 0.248. The van der Waals surface area contributed by atoms with Crippen molar-refractivity contribution in [2.45, 2.75) is 18.6 Å². The number of likely N-dealkylation sites (tertiary alicyclic amines) is 1. The van der Waals surface area contributed by atoms with E-state index in [9.17, 15) is 9.59 Å². The van der Waals surface area contributed by atoms with Gasteiger partial charge < -0.3 is 14.7 Å². The first-order valence-electron chi connectivity index (χ1n) is 8.72. The second-order valence-electron chi connectivity index (χ2n) is 7.10. The molecule has 1 saturated heterocycles. The minimum atomic E-state index is -0.0647. The van der Waals surface area contributed by atoms with Crippen molar-refractivity contribution in [3.05, 3.63) is 47.8 Å². The monoisotopic (exact) mass is 354 g/mol. The van der Waals surface area contributed by atoms with Gasteiger partial charge in [-0.2, -0.15) is 0 Å². The van der Waals surface area contributed by atoms with Crippen molar-refractivity contribution < 1.29 is 9.59 Å². The Morgan fingerprint density at radius 3 is 2.77 bits per heavy atom. The van der Waals surface area contributed by atoms with Crippen LogP contribution in [0, 0.1) is 0 Å². The smallest absolute Gasteiger partial charge is 0.254 e. The molecule has 3 heterocycles. The number of likely N-dealkylation sites (N-methyl/N-ethyl adjacent to an activating group) is 1. The fourth-order valence-corrected chi connectivity index (χ4v) is 3.84. The van der Waals surface area contributed by atoms with E-state index in [0.29, 0.717) is 25.2 Å². The Morgan fingerprint density at radius 2 is 2.08 bits per heavy atom. The molecule has 0 N–H and O–H groups in total. The van der Waals surface area contributed by atoms with E-state index in [1.54, 1.807) is 11.1 Å². The van der Waals surface area contributed by atoms with E-state index in [0.717, 1.165) is 5.56 Å². The summed E-state index contributed by atoms with van der Waals surface area (Å²) in [6.07, 6.45) is 3.48. The first-order chi connectivity index (χ1) is 12.5. The van der Waals surface area contributed by atoms with Crippen LogP contribution < -0.4 is 0 Å². The molecule has 2 amide bonds. The average Bonchev–Trinajstić information content (AvgIpc) is 3.34. The van der Waals surface area contributed by atoms with Gasteiger partial charge in [-0.1, -0.05) is 23.4 Å². The van der Waals surface area contributed by atoms with Gasteiger partial charge in [-0.25, -0.2) is 4.68 Å². The molecular formula is C18H22N6O2. The minimum Gasteiger partial charge on any atom is -0.337 e. The normalized spacial score (nSPS) is 22.3. The Balaban J connectivity index is 1.45. The van der Waals surface area contributed by atoms with Gasteiger partial charge in [0.05, 0.1) is 18.3 Å². The van der Waals surface area contributed by atoms with Crippen LogP contribution in [0.25, 0.3) is 0 Å². The van der Waals surface area contributed by atoms with Gasteiger partial charge in [-0.05, 0) is 25.7 Å². The van der Waals surface area contributed by atoms with Crippen molar-refractivity contribution in [3.63, 3.8) is 0 Å². The molecule has 26 heavy (non-hydrogen) atoms. The van der Waals surface area contributed by atoms with E-state index >= 15 is 0 Å².